The highest BCUT2D eigenvalue weighted by Crippen LogP contribution is 2.28. The van der Waals surface area contributed by atoms with Gasteiger partial charge in [-0.2, -0.15) is 5.10 Å². The van der Waals surface area contributed by atoms with Crippen LogP contribution in [0.3, 0.4) is 0 Å². The molecule has 0 radical (unpaired) electrons. The molecule has 0 spiro atoms. The van der Waals surface area contributed by atoms with Gasteiger partial charge in [0.05, 0.1) is 30.3 Å². The minimum absolute atomic E-state index is 0.00691. The molecule has 0 N–H and O–H groups in total. The summed E-state index contributed by atoms with van der Waals surface area (Å²) in [6.45, 7) is 8.87. The van der Waals surface area contributed by atoms with E-state index in [4.69, 9.17) is 4.42 Å². The number of nitrogens with zero attached hydrogens (tertiary/aromatic N) is 4. The van der Waals surface area contributed by atoms with E-state index in [9.17, 15) is 0 Å². The van der Waals surface area contributed by atoms with Crippen molar-refractivity contribution in [3.05, 3.63) is 65.6 Å². The molecule has 0 fully saturated rings. The number of hydrogen-bond donors (Lipinski definition) is 0. The second kappa shape index (κ2) is 5.60. The molecule has 0 bridgehead atoms. The van der Waals surface area contributed by atoms with E-state index in [0.29, 0.717) is 0 Å². The predicted octanol–water partition coefficient (Wildman–Crippen LogP) is 3.67. The summed E-state index contributed by atoms with van der Waals surface area (Å²) < 4.78 is 7.96. The van der Waals surface area contributed by atoms with Crippen LogP contribution in [0.2, 0.25) is 0 Å². The van der Waals surface area contributed by atoms with Crippen molar-refractivity contribution in [3.8, 4) is 5.69 Å². The fourth-order valence-electron chi connectivity index (χ4n) is 3.04. The Hall–Kier alpha value is -2.40. The molecule has 1 aliphatic heterocycles. The van der Waals surface area contributed by atoms with Gasteiger partial charge in [-0.05, 0) is 12.1 Å². The lowest BCUT2D eigenvalue weighted by Gasteiger charge is -2.15. The molecule has 5 nitrogen and oxygen atoms in total. The van der Waals surface area contributed by atoms with Crippen LogP contribution in [0.15, 0.2) is 47.1 Å². The summed E-state index contributed by atoms with van der Waals surface area (Å²) in [7, 11) is 0. The summed E-state index contributed by atoms with van der Waals surface area (Å²) in [5.41, 5.74) is 3.63. The maximum atomic E-state index is 5.93. The van der Waals surface area contributed by atoms with Gasteiger partial charge in [0.1, 0.15) is 5.76 Å². The van der Waals surface area contributed by atoms with Gasteiger partial charge in [0.15, 0.2) is 0 Å². The summed E-state index contributed by atoms with van der Waals surface area (Å²) in [4.78, 5) is 6.78. The van der Waals surface area contributed by atoms with Crippen LogP contribution >= 0.6 is 0 Å². The van der Waals surface area contributed by atoms with E-state index in [0.717, 1.165) is 37.0 Å². The number of hydrogen-bond acceptors (Lipinski definition) is 4. The summed E-state index contributed by atoms with van der Waals surface area (Å²) in [5.74, 6) is 1.72. The minimum atomic E-state index is -0.00691. The second-order valence-electron chi connectivity index (χ2n) is 7.38. The Morgan fingerprint density at radius 2 is 1.88 bits per heavy atom. The highest BCUT2D eigenvalue weighted by Gasteiger charge is 2.26. The fourth-order valence-corrected chi connectivity index (χ4v) is 3.04. The monoisotopic (exact) mass is 322 g/mol. The van der Waals surface area contributed by atoms with Crippen LogP contribution in [-0.2, 0) is 25.0 Å². The van der Waals surface area contributed by atoms with Crippen molar-refractivity contribution in [2.24, 2.45) is 0 Å². The average molecular weight is 322 g/mol. The average Bonchev–Trinajstić information content (AvgIpc) is 3.23. The van der Waals surface area contributed by atoms with Crippen LogP contribution in [0.25, 0.3) is 5.69 Å². The number of benzene rings is 1. The van der Waals surface area contributed by atoms with Crippen molar-refractivity contribution in [1.29, 1.82) is 0 Å². The van der Waals surface area contributed by atoms with Crippen LogP contribution in [0, 0.1) is 0 Å². The van der Waals surface area contributed by atoms with Gasteiger partial charge in [-0.25, -0.2) is 9.67 Å². The summed E-state index contributed by atoms with van der Waals surface area (Å²) in [5, 5.41) is 4.54. The highest BCUT2D eigenvalue weighted by molar-refractivity contribution is 5.36. The van der Waals surface area contributed by atoms with Gasteiger partial charge in [0.25, 0.3) is 0 Å². The number of rotatable bonds is 3. The predicted molar refractivity (Wildman–Crippen MR) is 91.7 cm³/mol. The van der Waals surface area contributed by atoms with Crippen LogP contribution in [0.1, 0.15) is 43.7 Å². The standard InChI is InChI=1S/C19H22N4O/c1-19(2,3)17-10-20-18(24-17)13-22-11-14-9-21-23(16(14)12-22)15-7-5-4-6-8-15/h4-10H,11-13H2,1-3H3. The Morgan fingerprint density at radius 3 is 2.58 bits per heavy atom. The molecule has 124 valence electrons. The van der Waals surface area contributed by atoms with Crippen LogP contribution < -0.4 is 0 Å². The zero-order valence-electron chi connectivity index (χ0n) is 14.4. The van der Waals surface area contributed by atoms with Crippen LogP contribution in [0.4, 0.5) is 0 Å². The van der Waals surface area contributed by atoms with Crippen LogP contribution in [-0.4, -0.2) is 19.7 Å². The molecule has 3 aromatic rings. The third-order valence-corrected chi connectivity index (χ3v) is 4.38. The first-order valence-corrected chi connectivity index (χ1v) is 8.29. The molecule has 0 saturated carbocycles. The van der Waals surface area contributed by atoms with E-state index >= 15 is 0 Å². The Balaban J connectivity index is 1.50. The third kappa shape index (κ3) is 2.76. The Morgan fingerprint density at radius 1 is 1.08 bits per heavy atom. The minimum Gasteiger partial charge on any atom is -0.444 e. The van der Waals surface area contributed by atoms with E-state index in [2.05, 4.69) is 47.9 Å². The maximum absolute atomic E-state index is 5.93. The molecule has 0 aliphatic carbocycles. The topological polar surface area (TPSA) is 47.1 Å². The molecule has 2 aromatic heterocycles. The molecule has 24 heavy (non-hydrogen) atoms. The first-order valence-electron chi connectivity index (χ1n) is 8.29. The Bertz CT molecular complexity index is 842. The molecule has 0 saturated heterocycles. The molecule has 0 unspecified atom stereocenters. The lowest BCUT2D eigenvalue weighted by molar-refractivity contribution is 0.234. The Labute approximate surface area is 141 Å². The van der Waals surface area contributed by atoms with Gasteiger partial charge in [-0.15, -0.1) is 0 Å². The number of para-hydroxylation sites is 1. The van der Waals surface area contributed by atoms with Crippen molar-refractivity contribution in [2.75, 3.05) is 0 Å². The zero-order valence-corrected chi connectivity index (χ0v) is 14.4. The van der Waals surface area contributed by atoms with Gasteiger partial charge >= 0.3 is 0 Å². The van der Waals surface area contributed by atoms with Crippen molar-refractivity contribution in [1.82, 2.24) is 19.7 Å². The van der Waals surface area contributed by atoms with Crippen LogP contribution in [0.5, 0.6) is 0 Å². The lowest BCUT2D eigenvalue weighted by atomic mass is 9.94. The maximum Gasteiger partial charge on any atom is 0.208 e. The zero-order chi connectivity index (χ0) is 16.7. The summed E-state index contributed by atoms with van der Waals surface area (Å²) in [6.07, 6.45) is 3.82. The lowest BCUT2D eigenvalue weighted by Crippen LogP contribution is -2.17. The van der Waals surface area contributed by atoms with Gasteiger partial charge in [-0.1, -0.05) is 39.0 Å². The molecule has 0 atom stereocenters. The molecule has 1 aliphatic rings. The highest BCUT2D eigenvalue weighted by atomic mass is 16.4. The molecule has 0 amide bonds. The third-order valence-electron chi connectivity index (χ3n) is 4.38. The van der Waals surface area contributed by atoms with Crippen molar-refractivity contribution in [2.45, 2.75) is 45.8 Å². The van der Waals surface area contributed by atoms with Gasteiger partial charge < -0.3 is 4.42 Å². The quantitative estimate of drug-likeness (QED) is 0.738. The van der Waals surface area contributed by atoms with E-state index in [-0.39, 0.29) is 5.41 Å². The van der Waals surface area contributed by atoms with E-state index in [1.807, 2.05) is 35.3 Å². The molecular weight excluding hydrogens is 300 g/mol. The largest absolute Gasteiger partial charge is 0.444 e. The fraction of sp³-hybridized carbons (Fsp3) is 0.368. The van der Waals surface area contributed by atoms with Gasteiger partial charge in [-0.3, -0.25) is 4.90 Å². The second-order valence-corrected chi connectivity index (χ2v) is 7.38. The first kappa shape index (κ1) is 15.1. The molecule has 5 heteroatoms. The normalized spacial score (nSPS) is 15.0. The van der Waals surface area contributed by atoms with Gasteiger partial charge in [0, 0.05) is 24.1 Å². The molecule has 3 heterocycles. The molecule has 1 aromatic carbocycles. The van der Waals surface area contributed by atoms with E-state index < -0.39 is 0 Å². The van der Waals surface area contributed by atoms with Crippen molar-refractivity contribution in [3.63, 3.8) is 0 Å². The number of oxazole rings is 1. The molecule has 4 rings (SSSR count). The number of aromatic nitrogens is 3. The van der Waals surface area contributed by atoms with Gasteiger partial charge in [0.2, 0.25) is 5.89 Å². The van der Waals surface area contributed by atoms with Crippen molar-refractivity contribution < 1.29 is 4.42 Å². The first-order chi connectivity index (χ1) is 11.5. The summed E-state index contributed by atoms with van der Waals surface area (Å²) >= 11 is 0. The molecular formula is C19H22N4O. The van der Waals surface area contributed by atoms with E-state index in [1.54, 1.807) is 0 Å². The smallest absolute Gasteiger partial charge is 0.208 e. The van der Waals surface area contributed by atoms with Crippen molar-refractivity contribution >= 4 is 0 Å². The number of fused-ring (bicyclic) bond motifs is 1. The van der Waals surface area contributed by atoms with E-state index in [1.165, 1.54) is 11.3 Å². The SMILES string of the molecule is CC(C)(C)c1cnc(CN2Cc3cnn(-c4ccccc4)c3C2)o1. The Kier molecular flexibility index (Phi) is 3.53. The summed E-state index contributed by atoms with van der Waals surface area (Å²) in [6, 6.07) is 10.3.